The lowest BCUT2D eigenvalue weighted by Gasteiger charge is -2.29. The maximum atomic E-state index is 13.8. The van der Waals surface area contributed by atoms with Crippen molar-refractivity contribution in [3.63, 3.8) is 0 Å². The van der Waals surface area contributed by atoms with E-state index in [1.165, 1.54) is 12.1 Å². The number of carboxylic acids is 1. The fraction of sp³-hybridized carbons (Fsp3) is 0.562. The number of carboxylic acid groups (broad SMARTS) is 1. The van der Waals surface area contributed by atoms with Crippen LogP contribution in [0.3, 0.4) is 0 Å². The van der Waals surface area contributed by atoms with Crippen LogP contribution in [0.2, 0.25) is 0 Å². The largest absolute Gasteiger partial charge is 0.481 e. The molecule has 1 aromatic rings. The van der Waals surface area contributed by atoms with Crippen LogP contribution in [-0.2, 0) is 11.3 Å². The van der Waals surface area contributed by atoms with Gasteiger partial charge in [-0.2, -0.15) is 0 Å². The zero-order valence-corrected chi connectivity index (χ0v) is 12.0. The van der Waals surface area contributed by atoms with Gasteiger partial charge in [-0.3, -0.25) is 9.69 Å². The number of halogens is 2. The van der Waals surface area contributed by atoms with Crippen LogP contribution < -0.4 is 0 Å². The van der Waals surface area contributed by atoms with E-state index in [0.29, 0.717) is 31.1 Å². The molecule has 0 aromatic heterocycles. The van der Waals surface area contributed by atoms with E-state index in [1.807, 2.05) is 0 Å². The molecule has 0 heterocycles. The lowest BCUT2D eigenvalue weighted by atomic mass is 10.1. The van der Waals surface area contributed by atoms with Gasteiger partial charge in [0.25, 0.3) is 0 Å². The Kier molecular flexibility index (Phi) is 5.67. The Balaban J connectivity index is 2.01. The molecule has 0 amide bonds. The van der Waals surface area contributed by atoms with Crippen molar-refractivity contribution in [1.82, 2.24) is 4.90 Å². The topological polar surface area (TPSA) is 40.5 Å². The molecular formula is C16H21F2NO2. The minimum absolute atomic E-state index is 0.120. The molecule has 1 fully saturated rings. The average Bonchev–Trinajstić information content (AvgIpc) is 2.93. The molecule has 1 saturated carbocycles. The Morgan fingerprint density at radius 2 is 2.00 bits per heavy atom. The standard InChI is InChI=1S/C16H21F2NO2/c17-13-8-7-12(15(18)10-13)11-19(9-3-6-16(20)21)14-4-1-2-5-14/h7-8,10,14H,1-6,9,11H2,(H,20,21). The highest BCUT2D eigenvalue weighted by molar-refractivity contribution is 5.66. The van der Waals surface area contributed by atoms with Crippen molar-refractivity contribution in [2.45, 2.75) is 51.1 Å². The van der Waals surface area contributed by atoms with Crippen LogP contribution in [0.25, 0.3) is 0 Å². The zero-order chi connectivity index (χ0) is 15.2. The minimum atomic E-state index is -0.811. The zero-order valence-electron chi connectivity index (χ0n) is 12.0. The second kappa shape index (κ2) is 7.50. The molecule has 21 heavy (non-hydrogen) atoms. The number of benzene rings is 1. The molecule has 0 atom stereocenters. The number of nitrogens with zero attached hydrogens (tertiary/aromatic N) is 1. The summed E-state index contributed by atoms with van der Waals surface area (Å²) in [7, 11) is 0. The lowest BCUT2D eigenvalue weighted by Crippen LogP contribution is -2.34. The van der Waals surface area contributed by atoms with Crippen LogP contribution >= 0.6 is 0 Å². The third-order valence-electron chi connectivity index (χ3n) is 4.07. The molecule has 0 radical (unpaired) electrons. The lowest BCUT2D eigenvalue weighted by molar-refractivity contribution is -0.137. The van der Waals surface area contributed by atoms with Crippen LogP contribution in [0.4, 0.5) is 8.78 Å². The van der Waals surface area contributed by atoms with Crippen molar-refractivity contribution < 1.29 is 18.7 Å². The van der Waals surface area contributed by atoms with Crippen molar-refractivity contribution in [3.05, 3.63) is 35.4 Å². The molecule has 1 aromatic carbocycles. The van der Waals surface area contributed by atoms with E-state index in [9.17, 15) is 13.6 Å². The molecule has 0 spiro atoms. The number of hydrogen-bond donors (Lipinski definition) is 1. The second-order valence-electron chi connectivity index (χ2n) is 5.64. The fourth-order valence-electron chi connectivity index (χ4n) is 2.96. The summed E-state index contributed by atoms with van der Waals surface area (Å²) in [5.74, 6) is -1.92. The van der Waals surface area contributed by atoms with E-state index >= 15 is 0 Å². The van der Waals surface area contributed by atoms with E-state index < -0.39 is 17.6 Å². The van der Waals surface area contributed by atoms with E-state index in [2.05, 4.69) is 4.90 Å². The Bertz CT molecular complexity index is 487. The van der Waals surface area contributed by atoms with Crippen LogP contribution in [0.1, 0.15) is 44.1 Å². The smallest absolute Gasteiger partial charge is 0.303 e. The SMILES string of the molecule is O=C(O)CCCN(Cc1ccc(F)cc1F)C1CCCC1. The van der Waals surface area contributed by atoms with E-state index in [4.69, 9.17) is 5.11 Å². The van der Waals surface area contributed by atoms with Crippen molar-refractivity contribution in [1.29, 1.82) is 0 Å². The van der Waals surface area contributed by atoms with Crippen LogP contribution in [0, 0.1) is 11.6 Å². The van der Waals surface area contributed by atoms with E-state index in [-0.39, 0.29) is 6.42 Å². The minimum Gasteiger partial charge on any atom is -0.481 e. The maximum absolute atomic E-state index is 13.8. The summed E-state index contributed by atoms with van der Waals surface area (Å²) in [6, 6.07) is 4.02. The van der Waals surface area contributed by atoms with Gasteiger partial charge in [0, 0.05) is 30.6 Å². The maximum Gasteiger partial charge on any atom is 0.303 e. The molecule has 1 aliphatic rings. The summed E-state index contributed by atoms with van der Waals surface area (Å²) in [6.45, 7) is 1.05. The van der Waals surface area contributed by atoms with Gasteiger partial charge in [0.15, 0.2) is 0 Å². The van der Waals surface area contributed by atoms with Gasteiger partial charge in [0.1, 0.15) is 11.6 Å². The molecule has 1 aliphatic carbocycles. The molecule has 2 rings (SSSR count). The van der Waals surface area contributed by atoms with Crippen LogP contribution in [0.5, 0.6) is 0 Å². The first-order chi connectivity index (χ1) is 10.1. The van der Waals surface area contributed by atoms with Crippen molar-refractivity contribution >= 4 is 5.97 Å². The third-order valence-corrected chi connectivity index (χ3v) is 4.07. The summed E-state index contributed by atoms with van der Waals surface area (Å²) in [4.78, 5) is 12.8. The van der Waals surface area contributed by atoms with E-state index in [0.717, 1.165) is 31.7 Å². The Hall–Kier alpha value is -1.49. The van der Waals surface area contributed by atoms with Crippen LogP contribution in [0.15, 0.2) is 18.2 Å². The first-order valence-corrected chi connectivity index (χ1v) is 7.46. The van der Waals surface area contributed by atoms with E-state index in [1.54, 1.807) is 0 Å². The number of aliphatic carboxylic acids is 1. The Labute approximate surface area is 123 Å². The van der Waals surface area contributed by atoms with Crippen molar-refractivity contribution in [3.8, 4) is 0 Å². The predicted octanol–water partition coefficient (Wildman–Crippen LogP) is 3.57. The van der Waals surface area contributed by atoms with Crippen molar-refractivity contribution in [2.24, 2.45) is 0 Å². The van der Waals surface area contributed by atoms with Gasteiger partial charge in [-0.15, -0.1) is 0 Å². The summed E-state index contributed by atoms with van der Waals surface area (Å²) in [5.41, 5.74) is 0.471. The van der Waals surface area contributed by atoms with Crippen LogP contribution in [-0.4, -0.2) is 28.6 Å². The molecule has 0 bridgehead atoms. The van der Waals surface area contributed by atoms with Gasteiger partial charge in [-0.1, -0.05) is 18.9 Å². The first kappa shape index (κ1) is 15.9. The quantitative estimate of drug-likeness (QED) is 0.836. The highest BCUT2D eigenvalue weighted by Crippen LogP contribution is 2.26. The molecule has 5 heteroatoms. The molecule has 1 N–H and O–H groups in total. The van der Waals surface area contributed by atoms with Crippen molar-refractivity contribution in [2.75, 3.05) is 6.54 Å². The average molecular weight is 297 g/mol. The Morgan fingerprint density at radius 1 is 1.29 bits per heavy atom. The molecule has 116 valence electrons. The summed E-state index contributed by atoms with van der Waals surface area (Å²) in [5, 5.41) is 8.74. The molecule has 0 aliphatic heterocycles. The van der Waals surface area contributed by atoms with Gasteiger partial charge in [-0.05, 0) is 31.9 Å². The number of carbonyl (C=O) groups is 1. The molecule has 3 nitrogen and oxygen atoms in total. The van der Waals surface area contributed by atoms with Gasteiger partial charge in [-0.25, -0.2) is 8.78 Å². The Morgan fingerprint density at radius 3 is 2.62 bits per heavy atom. The monoisotopic (exact) mass is 297 g/mol. The molecule has 0 unspecified atom stereocenters. The first-order valence-electron chi connectivity index (χ1n) is 7.46. The molecular weight excluding hydrogens is 276 g/mol. The molecule has 0 saturated heterocycles. The third kappa shape index (κ3) is 4.77. The number of hydrogen-bond acceptors (Lipinski definition) is 2. The highest BCUT2D eigenvalue weighted by atomic mass is 19.1. The summed E-state index contributed by atoms with van der Waals surface area (Å²) in [6.07, 6.45) is 5.12. The summed E-state index contributed by atoms with van der Waals surface area (Å²) >= 11 is 0. The summed E-state index contributed by atoms with van der Waals surface area (Å²) < 4.78 is 26.7. The normalized spacial score (nSPS) is 15.8. The number of rotatable bonds is 7. The fourth-order valence-corrected chi connectivity index (χ4v) is 2.96. The van der Waals surface area contributed by atoms with Gasteiger partial charge in [0.2, 0.25) is 0 Å². The van der Waals surface area contributed by atoms with Gasteiger partial charge < -0.3 is 5.11 Å². The van der Waals surface area contributed by atoms with Gasteiger partial charge in [0.05, 0.1) is 0 Å². The highest BCUT2D eigenvalue weighted by Gasteiger charge is 2.23. The second-order valence-corrected chi connectivity index (χ2v) is 5.64. The van der Waals surface area contributed by atoms with Gasteiger partial charge >= 0.3 is 5.97 Å². The predicted molar refractivity (Wildman–Crippen MR) is 75.9 cm³/mol.